The minimum Gasteiger partial charge on any atom is -0.489 e. The van der Waals surface area contributed by atoms with Crippen molar-refractivity contribution < 1.29 is 41.2 Å². The normalized spacial score (nSPS) is 12.2. The smallest absolute Gasteiger partial charge is 0.416 e. The highest BCUT2D eigenvalue weighted by atomic mass is 32.2. The van der Waals surface area contributed by atoms with Gasteiger partial charge in [-0.15, -0.1) is 0 Å². The van der Waals surface area contributed by atoms with Gasteiger partial charge in [-0.2, -0.15) is 13.2 Å². The summed E-state index contributed by atoms with van der Waals surface area (Å²) in [6.45, 7) is 1.16. The summed E-state index contributed by atoms with van der Waals surface area (Å²) in [5.41, 5.74) is -1.17. The monoisotopic (exact) mass is 473 g/mol. The number of hydrogen-bond donors (Lipinski definition) is 1. The van der Waals surface area contributed by atoms with E-state index in [2.05, 4.69) is 5.32 Å². The lowest BCUT2D eigenvalue weighted by Gasteiger charge is -2.15. The first-order valence-corrected chi connectivity index (χ1v) is 10.8. The van der Waals surface area contributed by atoms with Crippen molar-refractivity contribution >= 4 is 28.4 Å². The van der Waals surface area contributed by atoms with Crippen molar-refractivity contribution in [2.45, 2.75) is 18.0 Å². The molecule has 1 N–H and O–H groups in total. The largest absolute Gasteiger partial charge is 0.489 e. The molecule has 0 aliphatic heterocycles. The molecule has 0 saturated heterocycles. The molecule has 1 amide bonds. The topological polar surface area (TPSA) is 90.9 Å². The number of ether oxygens (including phenoxy) is 3. The van der Waals surface area contributed by atoms with Crippen LogP contribution in [0.3, 0.4) is 0 Å². The van der Waals surface area contributed by atoms with E-state index in [-0.39, 0.29) is 40.9 Å². The Labute approximate surface area is 185 Å². The van der Waals surface area contributed by atoms with E-state index >= 15 is 0 Å². The van der Waals surface area contributed by atoms with Crippen molar-refractivity contribution in [2.75, 3.05) is 38.0 Å². The zero-order chi connectivity index (χ0) is 23.7. The van der Waals surface area contributed by atoms with E-state index in [1.54, 1.807) is 19.1 Å². The van der Waals surface area contributed by atoms with Crippen LogP contribution in [0, 0.1) is 0 Å². The maximum absolute atomic E-state index is 13.0. The number of esters is 1. The number of nitrogens with one attached hydrogen (secondary N) is 1. The van der Waals surface area contributed by atoms with E-state index < -0.39 is 41.0 Å². The molecule has 1 atom stereocenters. The van der Waals surface area contributed by atoms with Crippen LogP contribution in [0.4, 0.5) is 18.9 Å². The average Bonchev–Trinajstić information content (AvgIpc) is 2.77. The molecule has 1 unspecified atom stereocenters. The molecule has 0 fully saturated rings. The molecule has 7 nitrogen and oxygen atoms in total. The Kier molecular flexibility index (Phi) is 9.21. The molecule has 0 bridgehead atoms. The Morgan fingerprint density at radius 3 is 2.47 bits per heavy atom. The van der Waals surface area contributed by atoms with E-state index in [0.717, 1.165) is 18.2 Å². The lowest BCUT2D eigenvalue weighted by molar-refractivity contribution is -0.137. The molecule has 174 valence electrons. The Morgan fingerprint density at radius 1 is 1.09 bits per heavy atom. The van der Waals surface area contributed by atoms with E-state index in [1.165, 1.54) is 19.2 Å². The number of halogens is 3. The van der Waals surface area contributed by atoms with Gasteiger partial charge in [-0.05, 0) is 30.3 Å². The molecule has 0 aliphatic rings. The van der Waals surface area contributed by atoms with Crippen molar-refractivity contribution in [3.05, 3.63) is 53.6 Å². The first-order valence-electron chi connectivity index (χ1n) is 9.44. The van der Waals surface area contributed by atoms with Gasteiger partial charge < -0.3 is 19.5 Å². The summed E-state index contributed by atoms with van der Waals surface area (Å²) in [5, 5.41) is 2.26. The SMILES string of the molecule is CCS(=O)c1ccccc1C(=O)OCC(=O)Nc1cc(C(F)(F)F)ccc1OCCOC. The highest BCUT2D eigenvalue weighted by Crippen LogP contribution is 2.35. The van der Waals surface area contributed by atoms with Gasteiger partial charge in [0.2, 0.25) is 0 Å². The standard InChI is InChI=1S/C21H22F3NO6S/c1-3-32(28)18-7-5-4-6-15(18)20(27)31-13-19(26)25-16-12-14(21(22,23)24)8-9-17(16)30-11-10-29-2/h4-9,12H,3,10-11,13H2,1-2H3,(H,25,26). The fraction of sp³-hybridized carbons (Fsp3) is 0.333. The molecule has 0 aliphatic carbocycles. The van der Waals surface area contributed by atoms with Crippen LogP contribution in [0.5, 0.6) is 5.75 Å². The van der Waals surface area contributed by atoms with Crippen LogP contribution in [0.2, 0.25) is 0 Å². The van der Waals surface area contributed by atoms with Crippen LogP contribution in [0.15, 0.2) is 47.4 Å². The molecular formula is C21H22F3NO6S. The fourth-order valence-electron chi connectivity index (χ4n) is 2.55. The molecule has 2 aromatic rings. The van der Waals surface area contributed by atoms with Gasteiger partial charge in [0.15, 0.2) is 6.61 Å². The van der Waals surface area contributed by atoms with Crippen molar-refractivity contribution in [2.24, 2.45) is 0 Å². The van der Waals surface area contributed by atoms with E-state index in [1.807, 2.05) is 0 Å². The summed E-state index contributed by atoms with van der Waals surface area (Å²) in [7, 11) is 0.0104. The highest BCUT2D eigenvalue weighted by Gasteiger charge is 2.31. The van der Waals surface area contributed by atoms with Gasteiger partial charge >= 0.3 is 12.1 Å². The molecule has 2 rings (SSSR count). The summed E-state index contributed by atoms with van der Waals surface area (Å²) in [6, 6.07) is 8.73. The summed E-state index contributed by atoms with van der Waals surface area (Å²) in [4.78, 5) is 24.9. The molecule has 2 aromatic carbocycles. The minimum absolute atomic E-state index is 0.00147. The minimum atomic E-state index is -4.63. The van der Waals surface area contributed by atoms with Crippen LogP contribution in [0.25, 0.3) is 0 Å². The zero-order valence-corrected chi connectivity index (χ0v) is 18.2. The second-order valence-corrected chi connectivity index (χ2v) is 8.01. The highest BCUT2D eigenvalue weighted by molar-refractivity contribution is 7.85. The van der Waals surface area contributed by atoms with Crippen LogP contribution in [0.1, 0.15) is 22.8 Å². The number of rotatable bonds is 10. The van der Waals surface area contributed by atoms with E-state index in [4.69, 9.17) is 14.2 Å². The lowest BCUT2D eigenvalue weighted by atomic mass is 10.1. The molecule has 0 aromatic heterocycles. The van der Waals surface area contributed by atoms with Gasteiger partial charge in [0.25, 0.3) is 5.91 Å². The number of amides is 1. The second-order valence-electron chi connectivity index (χ2n) is 6.30. The third kappa shape index (κ3) is 7.06. The Bertz CT molecular complexity index is 980. The summed E-state index contributed by atoms with van der Waals surface area (Å²) < 4.78 is 66.4. The molecule has 11 heteroatoms. The van der Waals surface area contributed by atoms with Crippen LogP contribution in [-0.4, -0.2) is 48.8 Å². The predicted molar refractivity (Wildman–Crippen MR) is 111 cm³/mol. The number of carbonyl (C=O) groups is 2. The molecular weight excluding hydrogens is 451 g/mol. The molecule has 0 spiro atoms. The van der Waals surface area contributed by atoms with E-state index in [0.29, 0.717) is 0 Å². The number of hydrogen-bond acceptors (Lipinski definition) is 6. The second kappa shape index (κ2) is 11.6. The summed E-state index contributed by atoms with van der Waals surface area (Å²) in [6.07, 6.45) is -4.63. The number of benzene rings is 2. The average molecular weight is 473 g/mol. The molecule has 0 radical (unpaired) electrons. The fourth-order valence-corrected chi connectivity index (χ4v) is 3.49. The van der Waals surface area contributed by atoms with Crippen molar-refractivity contribution in [1.82, 2.24) is 0 Å². The van der Waals surface area contributed by atoms with Crippen LogP contribution < -0.4 is 10.1 Å². The van der Waals surface area contributed by atoms with Gasteiger partial charge in [-0.1, -0.05) is 19.1 Å². The Balaban J connectivity index is 2.12. The van der Waals surface area contributed by atoms with Gasteiger partial charge in [0.1, 0.15) is 12.4 Å². The Morgan fingerprint density at radius 2 is 1.81 bits per heavy atom. The predicted octanol–water partition coefficient (Wildman–Crippen LogP) is 3.65. The van der Waals surface area contributed by atoms with Crippen molar-refractivity contribution in [1.29, 1.82) is 0 Å². The third-order valence-corrected chi connectivity index (χ3v) is 5.45. The maximum atomic E-state index is 13.0. The third-order valence-electron chi connectivity index (χ3n) is 4.07. The first-order chi connectivity index (χ1) is 15.2. The summed E-state index contributed by atoms with van der Waals surface area (Å²) in [5.74, 6) is -1.47. The number of anilines is 1. The molecule has 0 heterocycles. The van der Waals surface area contributed by atoms with Crippen LogP contribution >= 0.6 is 0 Å². The van der Waals surface area contributed by atoms with Gasteiger partial charge in [0, 0.05) is 12.9 Å². The molecule has 32 heavy (non-hydrogen) atoms. The number of alkyl halides is 3. The summed E-state index contributed by atoms with van der Waals surface area (Å²) >= 11 is 0. The number of carbonyl (C=O) groups excluding carboxylic acids is 2. The lowest BCUT2D eigenvalue weighted by Crippen LogP contribution is -2.22. The van der Waals surface area contributed by atoms with Crippen molar-refractivity contribution in [3.63, 3.8) is 0 Å². The molecule has 0 saturated carbocycles. The quantitative estimate of drug-likeness (QED) is 0.419. The van der Waals surface area contributed by atoms with Crippen LogP contribution in [-0.2, 0) is 31.2 Å². The van der Waals surface area contributed by atoms with Crippen molar-refractivity contribution in [3.8, 4) is 5.75 Å². The van der Waals surface area contributed by atoms with Gasteiger partial charge in [0.05, 0.1) is 39.1 Å². The first kappa shape index (κ1) is 25.3. The Hall–Kier alpha value is -2.92. The van der Waals surface area contributed by atoms with Gasteiger partial charge in [-0.25, -0.2) is 4.79 Å². The van der Waals surface area contributed by atoms with Gasteiger partial charge in [-0.3, -0.25) is 9.00 Å². The zero-order valence-electron chi connectivity index (χ0n) is 17.4. The van der Waals surface area contributed by atoms with E-state index in [9.17, 15) is 27.0 Å². The maximum Gasteiger partial charge on any atom is 0.416 e. The number of methoxy groups -OCH3 is 1.